The van der Waals surface area contributed by atoms with Gasteiger partial charge < -0.3 is 10.7 Å². The first-order valence-electron chi connectivity index (χ1n) is 3.48. The predicted molar refractivity (Wildman–Crippen MR) is 58.6 cm³/mol. The molecule has 0 amide bonds. The third-order valence-electron chi connectivity index (χ3n) is 1.33. The molecule has 0 aromatic carbocycles. The van der Waals surface area contributed by atoms with Gasteiger partial charge in [0.05, 0.1) is 0 Å². The number of nitrogens with one attached hydrogen (secondary N) is 3. The summed E-state index contributed by atoms with van der Waals surface area (Å²) in [7, 11) is 0. The molecule has 0 atom stereocenters. The number of hydrogen-bond donors (Lipinski definition) is 4. The van der Waals surface area contributed by atoms with Gasteiger partial charge in [0, 0.05) is 11.4 Å². The molecule has 1 aromatic heterocycles. The Morgan fingerprint density at radius 2 is 2.14 bits per heavy atom. The van der Waals surface area contributed by atoms with E-state index in [0.29, 0.717) is 5.69 Å². The molecule has 0 radical (unpaired) electrons. The second-order valence-corrected chi connectivity index (χ2v) is 4.16. The van der Waals surface area contributed by atoms with Crippen LogP contribution in [0.15, 0.2) is 14.1 Å². The maximum atomic E-state index is 11.1. The van der Waals surface area contributed by atoms with Crippen molar-refractivity contribution in [1.29, 1.82) is 5.41 Å². The summed E-state index contributed by atoms with van der Waals surface area (Å²) in [5, 5.41) is 6.90. The van der Waals surface area contributed by atoms with Crippen molar-refractivity contribution < 1.29 is 0 Å². The lowest BCUT2D eigenvalue weighted by molar-refractivity contribution is 0.971. The van der Waals surface area contributed by atoms with Gasteiger partial charge in [0.15, 0.2) is 5.17 Å². The Morgan fingerprint density at radius 1 is 1.50 bits per heavy atom. The standard InChI is InChI=1S/C6H7BrN4O2S/c7-3-2(1-14-5(8)9)10-6(13)11-4(3)12/h1H2,(H3,8,9)(H2,10,11,12,13). The Hall–Kier alpha value is -1.02. The van der Waals surface area contributed by atoms with Crippen LogP contribution in [0.25, 0.3) is 0 Å². The highest BCUT2D eigenvalue weighted by Crippen LogP contribution is 2.13. The van der Waals surface area contributed by atoms with E-state index in [9.17, 15) is 9.59 Å². The molecule has 0 spiro atoms. The van der Waals surface area contributed by atoms with E-state index in [1.54, 1.807) is 0 Å². The summed E-state index contributed by atoms with van der Waals surface area (Å²) in [6.45, 7) is 0. The average molecular weight is 279 g/mol. The molecule has 0 saturated heterocycles. The number of amidine groups is 1. The Kier molecular flexibility index (Phi) is 3.53. The number of aromatic amines is 2. The van der Waals surface area contributed by atoms with Crippen LogP contribution >= 0.6 is 27.7 Å². The molecule has 0 fully saturated rings. The van der Waals surface area contributed by atoms with Crippen LogP contribution in [0.4, 0.5) is 0 Å². The highest BCUT2D eigenvalue weighted by Gasteiger charge is 2.06. The molecule has 0 aliphatic rings. The normalized spacial score (nSPS) is 10.1. The van der Waals surface area contributed by atoms with Crippen LogP contribution < -0.4 is 17.0 Å². The second kappa shape index (κ2) is 4.47. The van der Waals surface area contributed by atoms with Crippen LogP contribution in [0, 0.1) is 5.41 Å². The molecule has 1 aromatic rings. The summed E-state index contributed by atoms with van der Waals surface area (Å²) in [5.41, 5.74) is 4.47. The Balaban J connectivity index is 3.03. The molecule has 0 saturated carbocycles. The lowest BCUT2D eigenvalue weighted by Gasteiger charge is -2.01. The lowest BCUT2D eigenvalue weighted by atomic mass is 10.4. The van der Waals surface area contributed by atoms with Crippen molar-refractivity contribution >= 4 is 32.9 Å². The Morgan fingerprint density at radius 3 is 2.71 bits per heavy atom. The number of thioether (sulfide) groups is 1. The van der Waals surface area contributed by atoms with E-state index >= 15 is 0 Å². The minimum absolute atomic E-state index is 0.0713. The second-order valence-electron chi connectivity index (χ2n) is 2.35. The number of H-pyrrole nitrogens is 2. The van der Waals surface area contributed by atoms with Crippen molar-refractivity contribution in [3.05, 3.63) is 31.0 Å². The maximum absolute atomic E-state index is 11.1. The van der Waals surface area contributed by atoms with E-state index in [4.69, 9.17) is 11.1 Å². The van der Waals surface area contributed by atoms with Gasteiger partial charge in [-0.1, -0.05) is 11.8 Å². The van der Waals surface area contributed by atoms with Crippen LogP contribution in [0.2, 0.25) is 0 Å². The van der Waals surface area contributed by atoms with E-state index in [0.717, 1.165) is 11.8 Å². The minimum atomic E-state index is -0.572. The molecule has 1 rings (SSSR count). The molecular formula is C6H7BrN4O2S. The van der Waals surface area contributed by atoms with Crippen LogP contribution in [-0.4, -0.2) is 15.1 Å². The smallest absolute Gasteiger partial charge is 0.325 e. The molecule has 0 aliphatic heterocycles. The zero-order chi connectivity index (χ0) is 10.7. The summed E-state index contributed by atoms with van der Waals surface area (Å²) in [5.74, 6) is 0.273. The topological polar surface area (TPSA) is 116 Å². The van der Waals surface area contributed by atoms with Crippen LogP contribution in [0.5, 0.6) is 0 Å². The predicted octanol–water partition coefficient (Wildman–Crippen LogP) is -0.0476. The Labute approximate surface area is 90.9 Å². The van der Waals surface area contributed by atoms with Gasteiger partial charge in [0.2, 0.25) is 0 Å². The summed E-state index contributed by atoms with van der Waals surface area (Å²) in [4.78, 5) is 26.5. The number of hydrogen-bond acceptors (Lipinski definition) is 4. The van der Waals surface area contributed by atoms with E-state index in [2.05, 4.69) is 25.9 Å². The maximum Gasteiger partial charge on any atom is 0.325 e. The van der Waals surface area contributed by atoms with Crippen molar-refractivity contribution in [1.82, 2.24) is 9.97 Å². The van der Waals surface area contributed by atoms with Crippen molar-refractivity contribution in [2.45, 2.75) is 5.75 Å². The van der Waals surface area contributed by atoms with E-state index in [1.165, 1.54) is 0 Å². The van der Waals surface area contributed by atoms with Gasteiger partial charge in [-0.05, 0) is 15.9 Å². The number of aromatic nitrogens is 2. The Bertz CT molecular complexity index is 466. The van der Waals surface area contributed by atoms with Gasteiger partial charge >= 0.3 is 5.69 Å². The van der Waals surface area contributed by atoms with Crippen molar-refractivity contribution in [3.8, 4) is 0 Å². The van der Waals surface area contributed by atoms with Gasteiger partial charge in [-0.25, -0.2) is 4.79 Å². The lowest BCUT2D eigenvalue weighted by Crippen LogP contribution is -2.24. The fourth-order valence-corrected chi connectivity index (χ4v) is 1.81. The third kappa shape index (κ3) is 2.74. The number of nitrogens with two attached hydrogens (primary N) is 1. The van der Waals surface area contributed by atoms with Gasteiger partial charge in [0.25, 0.3) is 5.56 Å². The molecular weight excluding hydrogens is 272 g/mol. The SMILES string of the molecule is N=C(N)SCc1[nH]c(=O)[nH]c(=O)c1Br. The molecule has 0 aliphatic carbocycles. The van der Waals surface area contributed by atoms with E-state index in [1.807, 2.05) is 0 Å². The summed E-state index contributed by atoms with van der Waals surface area (Å²) < 4.78 is 0.255. The first kappa shape index (κ1) is 11.1. The van der Waals surface area contributed by atoms with Crippen molar-refractivity contribution in [3.63, 3.8) is 0 Å². The summed E-state index contributed by atoms with van der Waals surface area (Å²) in [6, 6.07) is 0. The number of rotatable bonds is 2. The average Bonchev–Trinajstić information content (AvgIpc) is 2.08. The quantitative estimate of drug-likeness (QED) is 0.448. The molecule has 0 bridgehead atoms. The monoisotopic (exact) mass is 278 g/mol. The molecule has 8 heteroatoms. The number of halogens is 1. The highest BCUT2D eigenvalue weighted by atomic mass is 79.9. The van der Waals surface area contributed by atoms with Gasteiger partial charge in [0.1, 0.15) is 4.47 Å². The van der Waals surface area contributed by atoms with Crippen molar-refractivity contribution in [2.24, 2.45) is 5.73 Å². The third-order valence-corrected chi connectivity index (χ3v) is 2.91. The summed E-state index contributed by atoms with van der Waals surface area (Å²) >= 11 is 4.05. The van der Waals surface area contributed by atoms with E-state index in [-0.39, 0.29) is 15.4 Å². The highest BCUT2D eigenvalue weighted by molar-refractivity contribution is 9.10. The molecule has 14 heavy (non-hydrogen) atoms. The molecule has 6 nitrogen and oxygen atoms in total. The van der Waals surface area contributed by atoms with Gasteiger partial charge in [-0.2, -0.15) is 0 Å². The van der Waals surface area contributed by atoms with Crippen LogP contribution in [-0.2, 0) is 5.75 Å². The molecule has 76 valence electrons. The minimum Gasteiger partial charge on any atom is -0.379 e. The largest absolute Gasteiger partial charge is 0.379 e. The van der Waals surface area contributed by atoms with E-state index < -0.39 is 11.2 Å². The van der Waals surface area contributed by atoms with Gasteiger partial charge in [-0.3, -0.25) is 15.2 Å². The fraction of sp³-hybridized carbons (Fsp3) is 0.167. The first-order valence-corrected chi connectivity index (χ1v) is 5.26. The van der Waals surface area contributed by atoms with Crippen LogP contribution in [0.3, 0.4) is 0 Å². The molecule has 0 unspecified atom stereocenters. The molecule has 5 N–H and O–H groups in total. The first-order chi connectivity index (χ1) is 6.50. The molecule has 1 heterocycles. The van der Waals surface area contributed by atoms with Crippen molar-refractivity contribution in [2.75, 3.05) is 0 Å². The fourth-order valence-electron chi connectivity index (χ4n) is 0.768. The zero-order valence-corrected chi connectivity index (χ0v) is 9.29. The summed E-state index contributed by atoms with van der Waals surface area (Å²) in [6.07, 6.45) is 0. The van der Waals surface area contributed by atoms with Crippen LogP contribution in [0.1, 0.15) is 5.69 Å². The van der Waals surface area contributed by atoms with Gasteiger partial charge in [-0.15, -0.1) is 0 Å². The zero-order valence-electron chi connectivity index (χ0n) is 6.89.